The lowest BCUT2D eigenvalue weighted by molar-refractivity contribution is -0.137. The van der Waals surface area contributed by atoms with Crippen LogP contribution in [-0.2, 0) is 9.53 Å². The highest BCUT2D eigenvalue weighted by Gasteiger charge is 2.10. The third-order valence-electron chi connectivity index (χ3n) is 1.59. The molecule has 0 saturated heterocycles. The number of aliphatic carboxylic acids is 1. The number of carbonyl (C=O) groups is 2. The molecular formula is C10H15NO4. The molecule has 0 aromatic heterocycles. The van der Waals surface area contributed by atoms with Crippen LogP contribution in [0.15, 0.2) is 25.3 Å². The number of ether oxygens (including phenoxy) is 1. The van der Waals surface area contributed by atoms with Crippen molar-refractivity contribution in [1.82, 2.24) is 5.32 Å². The van der Waals surface area contributed by atoms with E-state index in [-0.39, 0.29) is 13.0 Å². The molecule has 0 rings (SSSR count). The molecule has 5 nitrogen and oxygen atoms in total. The fraction of sp³-hybridized carbons (Fsp3) is 0.400. The molecule has 1 amide bonds. The fourth-order valence-corrected chi connectivity index (χ4v) is 0.856. The summed E-state index contributed by atoms with van der Waals surface area (Å²) < 4.78 is 4.67. The van der Waals surface area contributed by atoms with Crippen molar-refractivity contribution in [2.75, 3.05) is 6.61 Å². The number of alkyl carbamates (subject to hydrolysis) is 1. The van der Waals surface area contributed by atoms with Gasteiger partial charge >= 0.3 is 12.1 Å². The molecule has 0 aliphatic rings. The second kappa shape index (κ2) is 7.61. The van der Waals surface area contributed by atoms with Gasteiger partial charge in [0.25, 0.3) is 0 Å². The normalized spacial score (nSPS) is 11.2. The third kappa shape index (κ3) is 7.30. The molecule has 0 saturated carbocycles. The molecule has 0 fully saturated rings. The maximum atomic E-state index is 11.0. The minimum Gasteiger partial charge on any atom is -0.481 e. The first-order chi connectivity index (χ1) is 7.10. The average molecular weight is 213 g/mol. The van der Waals surface area contributed by atoms with Gasteiger partial charge in [0, 0.05) is 6.42 Å². The average Bonchev–Trinajstić information content (AvgIpc) is 2.20. The van der Waals surface area contributed by atoms with E-state index < -0.39 is 18.1 Å². The SMILES string of the molecule is C=CCOC(=O)NC(C=C)CCC(=O)O. The van der Waals surface area contributed by atoms with Gasteiger partial charge in [-0.2, -0.15) is 0 Å². The number of carboxylic acids is 1. The Balaban J connectivity index is 3.86. The summed E-state index contributed by atoms with van der Waals surface area (Å²) in [6, 6.07) is -0.390. The maximum absolute atomic E-state index is 11.0. The van der Waals surface area contributed by atoms with Gasteiger partial charge in [0.05, 0.1) is 6.04 Å². The van der Waals surface area contributed by atoms with E-state index in [4.69, 9.17) is 5.11 Å². The zero-order valence-corrected chi connectivity index (χ0v) is 8.44. The van der Waals surface area contributed by atoms with Crippen molar-refractivity contribution in [3.63, 3.8) is 0 Å². The second-order valence-electron chi connectivity index (χ2n) is 2.81. The van der Waals surface area contributed by atoms with E-state index in [0.29, 0.717) is 6.42 Å². The van der Waals surface area contributed by atoms with E-state index in [0.717, 1.165) is 0 Å². The van der Waals surface area contributed by atoms with Crippen LogP contribution in [0.2, 0.25) is 0 Å². The number of carbonyl (C=O) groups excluding carboxylic acids is 1. The maximum Gasteiger partial charge on any atom is 0.407 e. The quantitative estimate of drug-likeness (QED) is 0.625. The van der Waals surface area contributed by atoms with Gasteiger partial charge < -0.3 is 15.2 Å². The van der Waals surface area contributed by atoms with Gasteiger partial charge in [0.1, 0.15) is 6.61 Å². The standard InChI is InChI=1S/C10H15NO4/c1-3-7-15-10(14)11-8(4-2)5-6-9(12)13/h3-4,8H,1-2,5-7H2,(H,11,14)(H,12,13). The number of hydrogen-bond donors (Lipinski definition) is 2. The van der Waals surface area contributed by atoms with Crippen LogP contribution < -0.4 is 5.32 Å². The topological polar surface area (TPSA) is 75.6 Å². The monoisotopic (exact) mass is 213 g/mol. The summed E-state index contributed by atoms with van der Waals surface area (Å²) in [5, 5.41) is 10.9. The number of amides is 1. The minimum atomic E-state index is -0.914. The van der Waals surface area contributed by atoms with E-state index in [1.165, 1.54) is 12.2 Å². The number of nitrogens with one attached hydrogen (secondary N) is 1. The molecule has 2 N–H and O–H groups in total. The smallest absolute Gasteiger partial charge is 0.407 e. The minimum absolute atomic E-state index is 0.0293. The van der Waals surface area contributed by atoms with Crippen molar-refractivity contribution in [3.8, 4) is 0 Å². The predicted molar refractivity (Wildman–Crippen MR) is 55.5 cm³/mol. The summed E-state index contributed by atoms with van der Waals surface area (Å²) in [5.74, 6) is -0.914. The van der Waals surface area contributed by atoms with Crippen LogP contribution in [0.4, 0.5) is 4.79 Å². The van der Waals surface area contributed by atoms with Crippen LogP contribution in [0.1, 0.15) is 12.8 Å². The van der Waals surface area contributed by atoms with Crippen LogP contribution in [-0.4, -0.2) is 29.8 Å². The second-order valence-corrected chi connectivity index (χ2v) is 2.81. The Kier molecular flexibility index (Phi) is 6.70. The molecule has 0 bridgehead atoms. The first-order valence-corrected chi connectivity index (χ1v) is 4.48. The Morgan fingerprint density at radius 3 is 2.60 bits per heavy atom. The highest BCUT2D eigenvalue weighted by molar-refractivity contribution is 5.69. The zero-order valence-electron chi connectivity index (χ0n) is 8.44. The van der Waals surface area contributed by atoms with Crippen molar-refractivity contribution in [3.05, 3.63) is 25.3 Å². The van der Waals surface area contributed by atoms with Crippen LogP contribution in [0.5, 0.6) is 0 Å². The molecule has 15 heavy (non-hydrogen) atoms. The first kappa shape index (κ1) is 13.2. The molecule has 84 valence electrons. The lowest BCUT2D eigenvalue weighted by Gasteiger charge is -2.12. The van der Waals surface area contributed by atoms with E-state index in [1.807, 2.05) is 0 Å². The van der Waals surface area contributed by atoms with Gasteiger partial charge in [-0.25, -0.2) is 4.79 Å². The third-order valence-corrected chi connectivity index (χ3v) is 1.59. The highest BCUT2D eigenvalue weighted by Crippen LogP contribution is 1.99. The van der Waals surface area contributed by atoms with Crippen LogP contribution in [0, 0.1) is 0 Å². The van der Waals surface area contributed by atoms with Gasteiger partial charge in [-0.15, -0.1) is 6.58 Å². The number of carboxylic acid groups (broad SMARTS) is 1. The Morgan fingerprint density at radius 1 is 1.47 bits per heavy atom. The van der Waals surface area contributed by atoms with Crippen molar-refractivity contribution >= 4 is 12.1 Å². The van der Waals surface area contributed by atoms with Crippen LogP contribution in [0.25, 0.3) is 0 Å². The summed E-state index contributed by atoms with van der Waals surface area (Å²) in [6.07, 6.45) is 2.57. The summed E-state index contributed by atoms with van der Waals surface area (Å²) >= 11 is 0. The van der Waals surface area contributed by atoms with Crippen molar-refractivity contribution in [2.45, 2.75) is 18.9 Å². The predicted octanol–water partition coefficient (Wildman–Crippen LogP) is 1.32. The molecular weight excluding hydrogens is 198 g/mol. The molecule has 0 aromatic rings. The van der Waals surface area contributed by atoms with Crippen molar-refractivity contribution in [2.24, 2.45) is 0 Å². The van der Waals surface area contributed by atoms with E-state index in [2.05, 4.69) is 23.2 Å². The molecule has 0 spiro atoms. The Labute approximate surface area is 88.4 Å². The van der Waals surface area contributed by atoms with Gasteiger partial charge in [-0.05, 0) is 6.42 Å². The van der Waals surface area contributed by atoms with E-state index in [9.17, 15) is 9.59 Å². The molecule has 1 atom stereocenters. The Bertz CT molecular complexity index is 250. The number of rotatable bonds is 7. The summed E-state index contributed by atoms with van der Waals surface area (Å²) in [6.45, 7) is 7.00. The Morgan fingerprint density at radius 2 is 2.13 bits per heavy atom. The van der Waals surface area contributed by atoms with Crippen molar-refractivity contribution < 1.29 is 19.4 Å². The van der Waals surface area contributed by atoms with Gasteiger partial charge in [0.15, 0.2) is 0 Å². The highest BCUT2D eigenvalue weighted by atomic mass is 16.5. The largest absolute Gasteiger partial charge is 0.481 e. The van der Waals surface area contributed by atoms with E-state index >= 15 is 0 Å². The summed E-state index contributed by atoms with van der Waals surface area (Å²) in [5.41, 5.74) is 0. The van der Waals surface area contributed by atoms with Gasteiger partial charge in [-0.3, -0.25) is 4.79 Å². The molecule has 0 aliphatic carbocycles. The van der Waals surface area contributed by atoms with E-state index in [1.54, 1.807) is 0 Å². The first-order valence-electron chi connectivity index (χ1n) is 4.48. The molecule has 0 aromatic carbocycles. The molecule has 0 radical (unpaired) electrons. The summed E-state index contributed by atoms with van der Waals surface area (Å²) in [4.78, 5) is 21.3. The molecule has 5 heteroatoms. The Hall–Kier alpha value is -1.78. The fourth-order valence-electron chi connectivity index (χ4n) is 0.856. The lowest BCUT2D eigenvalue weighted by Crippen LogP contribution is -2.34. The van der Waals surface area contributed by atoms with Crippen molar-refractivity contribution in [1.29, 1.82) is 0 Å². The molecule has 0 heterocycles. The van der Waals surface area contributed by atoms with Gasteiger partial charge in [-0.1, -0.05) is 18.7 Å². The molecule has 0 aliphatic heterocycles. The van der Waals surface area contributed by atoms with Gasteiger partial charge in [0.2, 0.25) is 0 Å². The summed E-state index contributed by atoms with van der Waals surface area (Å²) in [7, 11) is 0. The lowest BCUT2D eigenvalue weighted by atomic mass is 10.1. The zero-order chi connectivity index (χ0) is 11.7. The van der Waals surface area contributed by atoms with Crippen LogP contribution >= 0.6 is 0 Å². The molecule has 1 unspecified atom stereocenters. The van der Waals surface area contributed by atoms with Crippen LogP contribution in [0.3, 0.4) is 0 Å². The number of hydrogen-bond acceptors (Lipinski definition) is 3.